The van der Waals surface area contributed by atoms with E-state index in [9.17, 15) is 9.59 Å². The highest BCUT2D eigenvalue weighted by Crippen LogP contribution is 2.07. The van der Waals surface area contributed by atoms with Crippen molar-refractivity contribution in [3.8, 4) is 0 Å². The van der Waals surface area contributed by atoms with Gasteiger partial charge in [-0.1, -0.05) is 6.07 Å². The third-order valence-corrected chi connectivity index (χ3v) is 3.40. The van der Waals surface area contributed by atoms with Crippen LogP contribution in [0, 0.1) is 0 Å². The second kappa shape index (κ2) is 8.66. The van der Waals surface area contributed by atoms with Gasteiger partial charge in [0.15, 0.2) is 0 Å². The first kappa shape index (κ1) is 15.7. The van der Waals surface area contributed by atoms with Crippen LogP contribution in [0.3, 0.4) is 0 Å². The van der Waals surface area contributed by atoms with Crippen LogP contribution in [0.5, 0.6) is 0 Å². The Morgan fingerprint density at radius 3 is 2.74 bits per heavy atom. The van der Waals surface area contributed by atoms with Crippen LogP contribution in [0.4, 0.5) is 0 Å². The van der Waals surface area contributed by atoms with E-state index in [1.54, 1.807) is 6.07 Å². The molecule has 1 unspecified atom stereocenters. The van der Waals surface area contributed by atoms with E-state index in [0.29, 0.717) is 30.8 Å². The molecule has 0 bridgehead atoms. The lowest BCUT2D eigenvalue weighted by Crippen LogP contribution is -2.30. The van der Waals surface area contributed by atoms with E-state index in [-0.39, 0.29) is 17.9 Å². The van der Waals surface area contributed by atoms with Crippen molar-refractivity contribution in [3.63, 3.8) is 0 Å². The maximum Gasteiger partial charge on any atom is 0.261 e. The molecular formula is C13H21N3O2S. The molecule has 4 N–H and O–H groups in total. The number of hydrogen-bond donors (Lipinski definition) is 3. The van der Waals surface area contributed by atoms with Crippen LogP contribution in [0.15, 0.2) is 17.5 Å². The Kier molecular flexibility index (Phi) is 7.14. The summed E-state index contributed by atoms with van der Waals surface area (Å²) in [6, 6.07) is 3.68. The fourth-order valence-corrected chi connectivity index (χ4v) is 2.10. The van der Waals surface area contributed by atoms with Gasteiger partial charge in [-0.15, -0.1) is 11.3 Å². The summed E-state index contributed by atoms with van der Waals surface area (Å²) < 4.78 is 0. The number of rotatable bonds is 8. The van der Waals surface area contributed by atoms with Gasteiger partial charge in [-0.2, -0.15) is 0 Å². The predicted octanol–water partition coefficient (Wildman–Crippen LogP) is 1.11. The molecule has 0 aliphatic rings. The summed E-state index contributed by atoms with van der Waals surface area (Å²) in [5, 5.41) is 7.48. The van der Waals surface area contributed by atoms with Gasteiger partial charge in [0.25, 0.3) is 5.91 Å². The fourth-order valence-electron chi connectivity index (χ4n) is 1.46. The Balaban J connectivity index is 2.02. The van der Waals surface area contributed by atoms with Gasteiger partial charge in [0.05, 0.1) is 4.88 Å². The predicted molar refractivity (Wildman–Crippen MR) is 77.2 cm³/mol. The number of hydrogen-bond acceptors (Lipinski definition) is 4. The molecule has 0 aliphatic carbocycles. The zero-order chi connectivity index (χ0) is 14.1. The van der Waals surface area contributed by atoms with Crippen LogP contribution in [-0.4, -0.2) is 30.9 Å². The van der Waals surface area contributed by atoms with Crippen LogP contribution in [0.25, 0.3) is 0 Å². The summed E-state index contributed by atoms with van der Waals surface area (Å²) in [6.07, 6.45) is 1.88. The van der Waals surface area contributed by atoms with Crippen molar-refractivity contribution >= 4 is 23.2 Å². The van der Waals surface area contributed by atoms with Gasteiger partial charge in [0.2, 0.25) is 5.91 Å². The largest absolute Gasteiger partial charge is 0.356 e. The number of nitrogens with one attached hydrogen (secondary N) is 2. The zero-order valence-electron chi connectivity index (χ0n) is 11.1. The molecule has 0 aromatic carbocycles. The first-order valence-electron chi connectivity index (χ1n) is 6.43. The van der Waals surface area contributed by atoms with Gasteiger partial charge in [-0.25, -0.2) is 0 Å². The van der Waals surface area contributed by atoms with Crippen molar-refractivity contribution in [2.75, 3.05) is 13.1 Å². The summed E-state index contributed by atoms with van der Waals surface area (Å²) in [6.45, 7) is 3.01. The molecular weight excluding hydrogens is 262 g/mol. The first-order valence-corrected chi connectivity index (χ1v) is 7.31. The minimum Gasteiger partial charge on any atom is -0.356 e. The van der Waals surface area contributed by atoms with Gasteiger partial charge in [-0.05, 0) is 31.2 Å². The van der Waals surface area contributed by atoms with E-state index < -0.39 is 0 Å². The van der Waals surface area contributed by atoms with E-state index in [1.807, 2.05) is 18.4 Å². The molecule has 0 saturated carbocycles. The molecule has 1 aromatic rings. The lowest BCUT2D eigenvalue weighted by atomic mass is 10.2. The molecule has 2 amide bonds. The second-order valence-corrected chi connectivity index (χ2v) is 5.40. The third kappa shape index (κ3) is 6.93. The van der Waals surface area contributed by atoms with E-state index in [1.165, 1.54) is 11.3 Å². The highest BCUT2D eigenvalue weighted by Gasteiger charge is 2.05. The number of carbonyl (C=O) groups is 2. The molecule has 0 aliphatic heterocycles. The molecule has 0 spiro atoms. The van der Waals surface area contributed by atoms with Crippen molar-refractivity contribution in [2.24, 2.45) is 5.73 Å². The summed E-state index contributed by atoms with van der Waals surface area (Å²) in [4.78, 5) is 23.7. The second-order valence-electron chi connectivity index (χ2n) is 4.45. The van der Waals surface area contributed by atoms with Crippen molar-refractivity contribution in [3.05, 3.63) is 22.4 Å². The topological polar surface area (TPSA) is 84.2 Å². The quantitative estimate of drug-likeness (QED) is 0.625. The van der Waals surface area contributed by atoms with Gasteiger partial charge in [0, 0.05) is 25.6 Å². The summed E-state index contributed by atoms with van der Waals surface area (Å²) in [5.74, 6) is -0.0415. The molecule has 1 aromatic heterocycles. The SMILES string of the molecule is CC(N)CCC(=O)NCCCNC(=O)c1cccs1. The average molecular weight is 283 g/mol. The Bertz CT molecular complexity index is 391. The molecule has 0 saturated heterocycles. The summed E-state index contributed by atoms with van der Waals surface area (Å²) in [5.41, 5.74) is 5.57. The summed E-state index contributed by atoms with van der Waals surface area (Å²) >= 11 is 1.42. The summed E-state index contributed by atoms with van der Waals surface area (Å²) in [7, 11) is 0. The standard InChI is InChI=1S/C13H21N3O2S/c1-10(14)5-6-12(17)15-7-3-8-16-13(18)11-4-2-9-19-11/h2,4,9-10H,3,5-8,14H2,1H3,(H,15,17)(H,16,18). The number of amides is 2. The Hall–Kier alpha value is -1.40. The molecule has 6 heteroatoms. The van der Waals surface area contributed by atoms with Gasteiger partial charge in [-0.3, -0.25) is 9.59 Å². The minimum atomic E-state index is -0.0571. The lowest BCUT2D eigenvalue weighted by Gasteiger charge is -2.07. The molecule has 0 radical (unpaired) electrons. The maximum absolute atomic E-state index is 11.6. The minimum absolute atomic E-state index is 0.0156. The van der Waals surface area contributed by atoms with E-state index in [0.717, 1.165) is 6.42 Å². The fraction of sp³-hybridized carbons (Fsp3) is 0.538. The van der Waals surface area contributed by atoms with Crippen molar-refractivity contribution < 1.29 is 9.59 Å². The monoisotopic (exact) mass is 283 g/mol. The average Bonchev–Trinajstić information content (AvgIpc) is 2.89. The van der Waals surface area contributed by atoms with Crippen LogP contribution in [0.1, 0.15) is 35.9 Å². The number of carbonyl (C=O) groups excluding carboxylic acids is 2. The smallest absolute Gasteiger partial charge is 0.261 e. The Labute approximate surface area is 117 Å². The highest BCUT2D eigenvalue weighted by atomic mass is 32.1. The van der Waals surface area contributed by atoms with Crippen LogP contribution < -0.4 is 16.4 Å². The number of nitrogens with two attached hydrogens (primary N) is 1. The Morgan fingerprint density at radius 2 is 2.11 bits per heavy atom. The van der Waals surface area contributed by atoms with Crippen molar-refractivity contribution in [2.45, 2.75) is 32.2 Å². The van der Waals surface area contributed by atoms with Crippen LogP contribution in [0.2, 0.25) is 0 Å². The Morgan fingerprint density at radius 1 is 1.37 bits per heavy atom. The molecule has 106 valence electrons. The lowest BCUT2D eigenvalue weighted by molar-refractivity contribution is -0.121. The maximum atomic E-state index is 11.6. The normalized spacial score (nSPS) is 11.9. The van der Waals surface area contributed by atoms with Gasteiger partial charge >= 0.3 is 0 Å². The molecule has 19 heavy (non-hydrogen) atoms. The highest BCUT2D eigenvalue weighted by molar-refractivity contribution is 7.12. The van der Waals surface area contributed by atoms with Crippen molar-refractivity contribution in [1.29, 1.82) is 0 Å². The molecule has 5 nitrogen and oxygen atoms in total. The van der Waals surface area contributed by atoms with Gasteiger partial charge < -0.3 is 16.4 Å². The van der Waals surface area contributed by atoms with Crippen molar-refractivity contribution in [1.82, 2.24) is 10.6 Å². The van der Waals surface area contributed by atoms with Crippen LogP contribution >= 0.6 is 11.3 Å². The molecule has 1 rings (SSSR count). The van der Waals surface area contributed by atoms with E-state index in [2.05, 4.69) is 10.6 Å². The molecule has 0 fully saturated rings. The van der Waals surface area contributed by atoms with E-state index >= 15 is 0 Å². The number of thiophene rings is 1. The molecule has 1 atom stereocenters. The zero-order valence-corrected chi connectivity index (χ0v) is 12.0. The third-order valence-electron chi connectivity index (χ3n) is 2.53. The van der Waals surface area contributed by atoms with Gasteiger partial charge in [0.1, 0.15) is 0 Å². The van der Waals surface area contributed by atoms with E-state index in [4.69, 9.17) is 5.73 Å². The van der Waals surface area contributed by atoms with Crippen LogP contribution in [-0.2, 0) is 4.79 Å². The first-order chi connectivity index (χ1) is 9.09. The molecule has 1 heterocycles.